The fraction of sp³-hybridized carbons (Fsp3) is 0.857. The second-order valence-electron chi connectivity index (χ2n) is 2.97. The van der Waals surface area contributed by atoms with Gasteiger partial charge in [0.1, 0.15) is 11.9 Å². The monoisotopic (exact) mass is 193 g/mol. The van der Waals surface area contributed by atoms with Gasteiger partial charge in [-0.15, -0.1) is 0 Å². The summed E-state index contributed by atoms with van der Waals surface area (Å²) in [5.74, 6) is -0.0982. The van der Waals surface area contributed by atoms with Crippen LogP contribution in [0.4, 0.5) is 8.78 Å². The molecule has 0 spiro atoms. The number of ether oxygens (including phenoxy) is 1. The lowest BCUT2D eigenvalue weighted by molar-refractivity contribution is -0.0170. The number of nitrogens with one attached hydrogen (secondary N) is 1. The quantitative estimate of drug-likeness (QED) is 0.485. The van der Waals surface area contributed by atoms with Gasteiger partial charge < -0.3 is 10.5 Å². The standard InChI is InChI=1S/C7H13F2N3O/c8-6(9)4-12-1-2-13-5(3-12)7(10)11/h5-6H,1-4H2,(H3,10,11). The van der Waals surface area contributed by atoms with Crippen LogP contribution in [0.1, 0.15) is 0 Å². The third kappa shape index (κ3) is 3.23. The Kier molecular flexibility index (Phi) is 3.56. The zero-order valence-electron chi connectivity index (χ0n) is 7.17. The van der Waals surface area contributed by atoms with E-state index in [2.05, 4.69) is 0 Å². The van der Waals surface area contributed by atoms with Crippen LogP contribution in [0.2, 0.25) is 0 Å². The van der Waals surface area contributed by atoms with Crippen LogP contribution in [0.15, 0.2) is 0 Å². The Bertz CT molecular complexity index is 189. The van der Waals surface area contributed by atoms with E-state index in [1.54, 1.807) is 4.90 Å². The molecule has 1 rings (SSSR count). The van der Waals surface area contributed by atoms with Crippen molar-refractivity contribution < 1.29 is 13.5 Å². The van der Waals surface area contributed by atoms with Gasteiger partial charge in [0.05, 0.1) is 13.2 Å². The van der Waals surface area contributed by atoms with Crippen LogP contribution < -0.4 is 5.73 Å². The minimum absolute atomic E-state index is 0.0982. The average Bonchev–Trinajstić information content (AvgIpc) is 2.03. The summed E-state index contributed by atoms with van der Waals surface area (Å²) in [6, 6.07) is 0. The van der Waals surface area contributed by atoms with E-state index < -0.39 is 12.5 Å². The molecule has 1 fully saturated rings. The molecule has 6 heteroatoms. The van der Waals surface area contributed by atoms with Gasteiger partial charge in [0.25, 0.3) is 6.43 Å². The van der Waals surface area contributed by atoms with Crippen molar-refractivity contribution >= 4 is 5.84 Å². The molecule has 0 amide bonds. The minimum Gasteiger partial charge on any atom is -0.385 e. The lowest BCUT2D eigenvalue weighted by atomic mass is 10.2. The van der Waals surface area contributed by atoms with Crippen LogP contribution in [-0.2, 0) is 4.74 Å². The van der Waals surface area contributed by atoms with E-state index in [0.717, 1.165) is 0 Å². The number of nitrogens with two attached hydrogens (primary N) is 1. The second kappa shape index (κ2) is 4.48. The average molecular weight is 193 g/mol. The zero-order valence-corrected chi connectivity index (χ0v) is 7.17. The molecule has 1 aliphatic rings. The van der Waals surface area contributed by atoms with Crippen molar-refractivity contribution in [3.8, 4) is 0 Å². The largest absolute Gasteiger partial charge is 0.385 e. The molecule has 0 saturated carbocycles. The maximum absolute atomic E-state index is 12.0. The summed E-state index contributed by atoms with van der Waals surface area (Å²) >= 11 is 0. The summed E-state index contributed by atoms with van der Waals surface area (Å²) < 4.78 is 29.1. The van der Waals surface area contributed by atoms with E-state index in [4.69, 9.17) is 15.9 Å². The Morgan fingerprint density at radius 2 is 2.38 bits per heavy atom. The lowest BCUT2D eigenvalue weighted by Crippen LogP contribution is -2.49. The molecule has 0 aromatic heterocycles. The van der Waals surface area contributed by atoms with Crippen LogP contribution >= 0.6 is 0 Å². The SMILES string of the molecule is N=C(N)C1CN(CC(F)F)CCO1. The summed E-state index contributed by atoms with van der Waals surface area (Å²) in [5.41, 5.74) is 5.20. The molecular weight excluding hydrogens is 180 g/mol. The highest BCUT2D eigenvalue weighted by molar-refractivity contribution is 5.82. The third-order valence-corrected chi connectivity index (χ3v) is 1.89. The van der Waals surface area contributed by atoms with Crippen molar-refractivity contribution in [1.82, 2.24) is 4.90 Å². The zero-order chi connectivity index (χ0) is 9.84. The fourth-order valence-corrected chi connectivity index (χ4v) is 1.25. The van der Waals surface area contributed by atoms with E-state index in [1.807, 2.05) is 0 Å². The molecule has 3 N–H and O–H groups in total. The highest BCUT2D eigenvalue weighted by Crippen LogP contribution is 2.07. The van der Waals surface area contributed by atoms with E-state index in [-0.39, 0.29) is 12.4 Å². The summed E-state index contributed by atoms with van der Waals surface area (Å²) in [6.07, 6.45) is -2.86. The van der Waals surface area contributed by atoms with E-state index >= 15 is 0 Å². The van der Waals surface area contributed by atoms with Gasteiger partial charge in [-0.2, -0.15) is 0 Å². The second-order valence-corrected chi connectivity index (χ2v) is 2.97. The molecule has 1 atom stereocenters. The first-order valence-electron chi connectivity index (χ1n) is 4.05. The molecule has 13 heavy (non-hydrogen) atoms. The highest BCUT2D eigenvalue weighted by Gasteiger charge is 2.24. The van der Waals surface area contributed by atoms with Crippen LogP contribution in [-0.4, -0.2) is 49.5 Å². The number of rotatable bonds is 3. The maximum atomic E-state index is 12.0. The molecule has 0 bridgehead atoms. The smallest absolute Gasteiger partial charge is 0.251 e. The van der Waals surface area contributed by atoms with Gasteiger partial charge in [0, 0.05) is 13.1 Å². The summed E-state index contributed by atoms with van der Waals surface area (Å²) in [6.45, 7) is 0.859. The van der Waals surface area contributed by atoms with Crippen molar-refractivity contribution in [2.45, 2.75) is 12.5 Å². The normalized spacial score (nSPS) is 25.0. The van der Waals surface area contributed by atoms with Crippen molar-refractivity contribution in [2.24, 2.45) is 5.73 Å². The number of hydrogen-bond acceptors (Lipinski definition) is 3. The molecule has 1 heterocycles. The fourth-order valence-electron chi connectivity index (χ4n) is 1.25. The Morgan fingerprint density at radius 1 is 1.69 bits per heavy atom. The first-order valence-corrected chi connectivity index (χ1v) is 4.05. The first-order chi connectivity index (χ1) is 6.09. The van der Waals surface area contributed by atoms with E-state index in [0.29, 0.717) is 19.7 Å². The predicted molar refractivity (Wildman–Crippen MR) is 44.1 cm³/mol. The molecule has 1 saturated heterocycles. The number of nitrogens with zero attached hydrogens (tertiary/aromatic N) is 1. The molecule has 0 aromatic carbocycles. The number of morpholine rings is 1. The molecule has 1 unspecified atom stereocenters. The lowest BCUT2D eigenvalue weighted by Gasteiger charge is -2.31. The van der Waals surface area contributed by atoms with Gasteiger partial charge in [-0.05, 0) is 0 Å². The summed E-state index contributed by atoms with van der Waals surface area (Å²) in [5, 5.41) is 7.10. The van der Waals surface area contributed by atoms with Crippen molar-refractivity contribution in [3.05, 3.63) is 0 Å². The van der Waals surface area contributed by atoms with Crippen molar-refractivity contribution in [2.75, 3.05) is 26.2 Å². The number of amidine groups is 1. The Morgan fingerprint density at radius 3 is 2.92 bits per heavy atom. The summed E-state index contributed by atoms with van der Waals surface area (Å²) in [4.78, 5) is 1.56. The molecule has 0 aromatic rings. The van der Waals surface area contributed by atoms with Gasteiger partial charge in [-0.1, -0.05) is 0 Å². The van der Waals surface area contributed by atoms with Crippen molar-refractivity contribution in [3.63, 3.8) is 0 Å². The number of alkyl halides is 2. The molecule has 0 radical (unpaired) electrons. The number of hydrogen-bond donors (Lipinski definition) is 2. The Balaban J connectivity index is 2.37. The molecule has 76 valence electrons. The van der Waals surface area contributed by atoms with Gasteiger partial charge >= 0.3 is 0 Å². The summed E-state index contributed by atoms with van der Waals surface area (Å²) in [7, 11) is 0. The molecule has 0 aliphatic carbocycles. The van der Waals surface area contributed by atoms with Crippen LogP contribution in [0, 0.1) is 5.41 Å². The third-order valence-electron chi connectivity index (χ3n) is 1.89. The van der Waals surface area contributed by atoms with Gasteiger partial charge in [0.2, 0.25) is 0 Å². The van der Waals surface area contributed by atoms with E-state index in [9.17, 15) is 8.78 Å². The topological polar surface area (TPSA) is 62.3 Å². The predicted octanol–water partition coefficient (Wildman–Crippen LogP) is -0.112. The van der Waals surface area contributed by atoms with Gasteiger partial charge in [0.15, 0.2) is 0 Å². The van der Waals surface area contributed by atoms with Crippen molar-refractivity contribution in [1.29, 1.82) is 5.41 Å². The molecule has 4 nitrogen and oxygen atoms in total. The Labute approximate surface area is 75.2 Å². The first kappa shape index (κ1) is 10.3. The van der Waals surface area contributed by atoms with Crippen LogP contribution in [0.3, 0.4) is 0 Å². The van der Waals surface area contributed by atoms with Gasteiger partial charge in [-0.25, -0.2) is 8.78 Å². The minimum atomic E-state index is -2.34. The number of halogens is 2. The van der Waals surface area contributed by atoms with Crippen LogP contribution in [0.5, 0.6) is 0 Å². The highest BCUT2D eigenvalue weighted by atomic mass is 19.3. The molecular formula is C7H13F2N3O. The van der Waals surface area contributed by atoms with E-state index in [1.165, 1.54) is 0 Å². The maximum Gasteiger partial charge on any atom is 0.251 e. The van der Waals surface area contributed by atoms with Gasteiger partial charge in [-0.3, -0.25) is 10.3 Å². The Hall–Kier alpha value is -0.750. The van der Waals surface area contributed by atoms with Crippen LogP contribution in [0.25, 0.3) is 0 Å². The molecule has 1 aliphatic heterocycles.